The van der Waals surface area contributed by atoms with E-state index in [4.69, 9.17) is 27.9 Å². The highest BCUT2D eigenvalue weighted by Gasteiger charge is 2.14. The first-order valence-electron chi connectivity index (χ1n) is 9.27. The second kappa shape index (κ2) is 9.30. The number of ether oxygens (including phenoxy) is 1. The maximum atomic E-state index is 11.9. The molecule has 3 aromatic carbocycles. The number of rotatable bonds is 7. The fraction of sp³-hybridized carbons (Fsp3) is 0.174. The van der Waals surface area contributed by atoms with Gasteiger partial charge >= 0.3 is 0 Å². The lowest BCUT2D eigenvalue weighted by atomic mass is 9.98. The van der Waals surface area contributed by atoms with Gasteiger partial charge in [0.15, 0.2) is 15.6 Å². The first kappa shape index (κ1) is 23.1. The van der Waals surface area contributed by atoms with Gasteiger partial charge in [-0.3, -0.25) is 4.79 Å². The topological polar surface area (TPSA) is 80.7 Å². The Morgan fingerprint density at radius 3 is 2.32 bits per heavy atom. The number of carbonyl (C=O) groups is 1. The monoisotopic (exact) mass is 478 g/mol. The predicted molar refractivity (Wildman–Crippen MR) is 122 cm³/mol. The fourth-order valence-electron chi connectivity index (χ4n) is 3.04. The van der Waals surface area contributed by atoms with Crippen LogP contribution in [0.3, 0.4) is 0 Å². The van der Waals surface area contributed by atoms with Crippen molar-refractivity contribution in [3.63, 3.8) is 0 Å². The van der Waals surface area contributed by atoms with Crippen LogP contribution < -0.4 is 4.74 Å². The first-order chi connectivity index (χ1) is 14.5. The standard InChI is InChI=1S/C23H20Cl2O5S/c1-14(26)13-30-17-11-21(24)20(22(25)12-17)9-15-6-7-23(27)19(8-15)16-4-3-5-18(10-16)31(2,28)29/h3-8,10-12,27H,9,13H2,1-2H3. The SMILES string of the molecule is CC(=O)COc1cc(Cl)c(Cc2ccc(O)c(-c3cccc(S(C)(=O)=O)c3)c2)c(Cl)c1. The molecule has 0 fully saturated rings. The Morgan fingerprint density at radius 2 is 1.71 bits per heavy atom. The third kappa shape index (κ3) is 5.79. The van der Waals surface area contributed by atoms with Gasteiger partial charge in [0.1, 0.15) is 18.1 Å². The minimum Gasteiger partial charge on any atom is -0.507 e. The van der Waals surface area contributed by atoms with Crippen molar-refractivity contribution in [3.8, 4) is 22.6 Å². The third-order valence-electron chi connectivity index (χ3n) is 4.57. The van der Waals surface area contributed by atoms with Crippen molar-refractivity contribution in [2.75, 3.05) is 12.9 Å². The largest absolute Gasteiger partial charge is 0.507 e. The van der Waals surface area contributed by atoms with Gasteiger partial charge in [0.2, 0.25) is 0 Å². The molecule has 0 amide bonds. The molecule has 162 valence electrons. The molecule has 5 nitrogen and oxygen atoms in total. The van der Waals surface area contributed by atoms with E-state index in [1.165, 1.54) is 19.1 Å². The maximum Gasteiger partial charge on any atom is 0.175 e. The van der Waals surface area contributed by atoms with E-state index in [-0.39, 0.29) is 23.0 Å². The molecule has 1 N–H and O–H groups in total. The average molecular weight is 479 g/mol. The molecule has 3 rings (SSSR count). The number of sulfone groups is 1. The van der Waals surface area contributed by atoms with Gasteiger partial charge in [0, 0.05) is 28.3 Å². The molecule has 0 bridgehead atoms. The van der Waals surface area contributed by atoms with Gasteiger partial charge in [-0.15, -0.1) is 0 Å². The summed E-state index contributed by atoms with van der Waals surface area (Å²) in [5.74, 6) is 0.311. The van der Waals surface area contributed by atoms with E-state index in [1.54, 1.807) is 42.5 Å². The van der Waals surface area contributed by atoms with Crippen LogP contribution in [0.5, 0.6) is 11.5 Å². The molecule has 0 atom stereocenters. The minimum absolute atomic E-state index is 0.0274. The number of carbonyl (C=O) groups excluding carboxylic acids is 1. The Balaban J connectivity index is 1.94. The van der Waals surface area contributed by atoms with Crippen LogP contribution in [0.2, 0.25) is 10.0 Å². The molecule has 0 saturated carbocycles. The molecule has 0 heterocycles. The number of benzene rings is 3. The van der Waals surface area contributed by atoms with Gasteiger partial charge in [-0.25, -0.2) is 8.42 Å². The molecule has 31 heavy (non-hydrogen) atoms. The molecule has 0 aliphatic carbocycles. The van der Waals surface area contributed by atoms with E-state index in [0.29, 0.717) is 38.9 Å². The number of halogens is 2. The Bertz CT molecular complexity index is 1230. The lowest BCUT2D eigenvalue weighted by Crippen LogP contribution is -2.06. The Hall–Kier alpha value is -2.54. The molecule has 8 heteroatoms. The second-order valence-electron chi connectivity index (χ2n) is 7.18. The molecule has 0 unspecified atom stereocenters. The Kier molecular flexibility index (Phi) is 6.94. The molecular weight excluding hydrogens is 459 g/mol. The van der Waals surface area contributed by atoms with Crippen LogP contribution in [-0.2, 0) is 21.1 Å². The molecule has 0 spiro atoms. The van der Waals surface area contributed by atoms with E-state index in [2.05, 4.69) is 0 Å². The highest BCUT2D eigenvalue weighted by Crippen LogP contribution is 2.35. The third-order valence-corrected chi connectivity index (χ3v) is 6.36. The quantitative estimate of drug-likeness (QED) is 0.496. The number of hydrogen-bond acceptors (Lipinski definition) is 5. The van der Waals surface area contributed by atoms with E-state index in [0.717, 1.165) is 11.8 Å². The summed E-state index contributed by atoms with van der Waals surface area (Å²) in [6, 6.07) is 14.6. The fourth-order valence-corrected chi connectivity index (χ4v) is 4.31. The van der Waals surface area contributed by atoms with Crippen LogP contribution >= 0.6 is 23.2 Å². The summed E-state index contributed by atoms with van der Waals surface area (Å²) in [5.41, 5.74) is 2.56. The van der Waals surface area contributed by atoms with Crippen molar-refractivity contribution in [2.45, 2.75) is 18.2 Å². The highest BCUT2D eigenvalue weighted by molar-refractivity contribution is 7.90. The second-order valence-corrected chi connectivity index (χ2v) is 10.0. The summed E-state index contributed by atoms with van der Waals surface area (Å²) in [7, 11) is -3.38. The first-order valence-corrected chi connectivity index (χ1v) is 11.9. The van der Waals surface area contributed by atoms with Crippen LogP contribution in [0.25, 0.3) is 11.1 Å². The maximum absolute atomic E-state index is 11.9. The van der Waals surface area contributed by atoms with Gasteiger partial charge in [-0.2, -0.15) is 0 Å². The number of aromatic hydroxyl groups is 1. The Morgan fingerprint density at radius 1 is 1.03 bits per heavy atom. The molecule has 0 radical (unpaired) electrons. The predicted octanol–water partition coefficient (Wildman–Crippen LogP) is 5.33. The zero-order valence-corrected chi connectivity index (χ0v) is 19.2. The van der Waals surface area contributed by atoms with Gasteiger partial charge in [0.25, 0.3) is 0 Å². The molecule has 0 aromatic heterocycles. The van der Waals surface area contributed by atoms with Crippen molar-refractivity contribution >= 4 is 38.8 Å². The smallest absolute Gasteiger partial charge is 0.175 e. The van der Waals surface area contributed by atoms with E-state index in [1.807, 2.05) is 0 Å². The van der Waals surface area contributed by atoms with E-state index in [9.17, 15) is 18.3 Å². The van der Waals surface area contributed by atoms with Crippen molar-refractivity contribution in [3.05, 3.63) is 75.8 Å². The van der Waals surface area contributed by atoms with Crippen LogP contribution in [0.4, 0.5) is 0 Å². The van der Waals surface area contributed by atoms with Gasteiger partial charge < -0.3 is 9.84 Å². The molecule has 0 saturated heterocycles. The van der Waals surface area contributed by atoms with Gasteiger partial charge in [-0.1, -0.05) is 41.4 Å². The number of hydrogen-bond donors (Lipinski definition) is 1. The summed E-state index contributed by atoms with van der Waals surface area (Å²) in [6.45, 7) is 1.35. The van der Waals surface area contributed by atoms with Crippen LogP contribution in [0.15, 0.2) is 59.5 Å². The molecule has 0 aliphatic heterocycles. The number of ketones is 1. The van der Waals surface area contributed by atoms with E-state index >= 15 is 0 Å². The zero-order valence-electron chi connectivity index (χ0n) is 16.9. The van der Waals surface area contributed by atoms with Gasteiger partial charge in [-0.05, 0) is 60.0 Å². The van der Waals surface area contributed by atoms with Crippen molar-refractivity contribution in [1.82, 2.24) is 0 Å². The van der Waals surface area contributed by atoms with Crippen molar-refractivity contribution < 1.29 is 23.1 Å². The summed E-state index contributed by atoms with van der Waals surface area (Å²) in [5, 5.41) is 11.1. The minimum atomic E-state index is -3.38. The lowest BCUT2D eigenvalue weighted by Gasteiger charge is -2.13. The summed E-state index contributed by atoms with van der Waals surface area (Å²) in [4.78, 5) is 11.3. The normalized spacial score (nSPS) is 11.4. The average Bonchev–Trinajstić information content (AvgIpc) is 2.69. The van der Waals surface area contributed by atoms with Crippen molar-refractivity contribution in [1.29, 1.82) is 0 Å². The summed E-state index contributed by atoms with van der Waals surface area (Å²) in [6.07, 6.45) is 1.51. The number of Topliss-reactive ketones (excluding diaryl/α,β-unsaturated/α-hetero) is 1. The summed E-state index contributed by atoms with van der Waals surface area (Å²) >= 11 is 12.8. The van der Waals surface area contributed by atoms with Crippen LogP contribution in [0.1, 0.15) is 18.1 Å². The number of phenolic OH excluding ortho intramolecular Hbond substituents is 1. The van der Waals surface area contributed by atoms with Crippen molar-refractivity contribution in [2.24, 2.45) is 0 Å². The van der Waals surface area contributed by atoms with Crippen LogP contribution in [-0.4, -0.2) is 32.2 Å². The Labute approximate surface area is 191 Å². The molecular formula is C23H20Cl2O5S. The molecule has 0 aliphatic rings. The number of phenols is 1. The zero-order chi connectivity index (χ0) is 22.8. The lowest BCUT2D eigenvalue weighted by molar-refractivity contribution is -0.118. The summed E-state index contributed by atoms with van der Waals surface area (Å²) < 4.78 is 29.1. The van der Waals surface area contributed by atoms with Crippen LogP contribution in [0, 0.1) is 0 Å². The highest BCUT2D eigenvalue weighted by atomic mass is 35.5. The molecule has 3 aromatic rings. The van der Waals surface area contributed by atoms with E-state index < -0.39 is 9.84 Å². The van der Waals surface area contributed by atoms with Gasteiger partial charge in [0.05, 0.1) is 4.90 Å².